The standard InChI is InChI=1S/C19H21FN2O4S/c1-3-13-21-19(23)14-22(16-7-5-15(20)6-8-16)27(24,25)18-11-9-17(10-12-18)26-4-2/h3,5-12H,1,4,13-14H2,2H3,(H,21,23). The summed E-state index contributed by atoms with van der Waals surface area (Å²) in [5.74, 6) is -0.476. The van der Waals surface area contributed by atoms with E-state index in [-0.39, 0.29) is 17.1 Å². The monoisotopic (exact) mass is 392 g/mol. The number of benzene rings is 2. The van der Waals surface area contributed by atoms with Gasteiger partial charge < -0.3 is 10.1 Å². The molecule has 2 aromatic rings. The average molecular weight is 392 g/mol. The molecule has 0 unspecified atom stereocenters. The predicted molar refractivity (Wildman–Crippen MR) is 102 cm³/mol. The van der Waals surface area contributed by atoms with Gasteiger partial charge in [0, 0.05) is 6.54 Å². The van der Waals surface area contributed by atoms with Gasteiger partial charge in [-0.25, -0.2) is 12.8 Å². The minimum atomic E-state index is -4.05. The molecule has 0 spiro atoms. The molecular weight excluding hydrogens is 371 g/mol. The maximum Gasteiger partial charge on any atom is 0.264 e. The molecule has 2 aromatic carbocycles. The Hall–Kier alpha value is -2.87. The second-order valence-corrected chi connectivity index (χ2v) is 7.35. The van der Waals surface area contributed by atoms with Gasteiger partial charge >= 0.3 is 0 Å². The molecule has 0 fully saturated rings. The molecule has 0 aliphatic rings. The fraction of sp³-hybridized carbons (Fsp3) is 0.211. The summed E-state index contributed by atoms with van der Waals surface area (Å²) in [7, 11) is -4.05. The first-order chi connectivity index (χ1) is 12.9. The lowest BCUT2D eigenvalue weighted by Gasteiger charge is -2.24. The highest BCUT2D eigenvalue weighted by atomic mass is 32.2. The number of hydrogen-bond acceptors (Lipinski definition) is 4. The summed E-state index contributed by atoms with van der Waals surface area (Å²) in [5.41, 5.74) is 0.180. The van der Waals surface area contributed by atoms with Crippen LogP contribution < -0.4 is 14.4 Å². The van der Waals surface area contributed by atoms with Crippen molar-refractivity contribution in [3.63, 3.8) is 0 Å². The van der Waals surface area contributed by atoms with E-state index in [1.807, 2.05) is 6.92 Å². The number of carbonyl (C=O) groups excluding carboxylic acids is 1. The number of carbonyl (C=O) groups is 1. The Morgan fingerprint density at radius 3 is 2.37 bits per heavy atom. The van der Waals surface area contributed by atoms with Crippen molar-refractivity contribution in [2.75, 3.05) is 24.0 Å². The molecule has 0 radical (unpaired) electrons. The summed E-state index contributed by atoms with van der Waals surface area (Å²) in [5, 5.41) is 2.54. The summed E-state index contributed by atoms with van der Waals surface area (Å²) >= 11 is 0. The lowest BCUT2D eigenvalue weighted by Crippen LogP contribution is -2.40. The lowest BCUT2D eigenvalue weighted by atomic mass is 10.3. The van der Waals surface area contributed by atoms with Crippen LogP contribution in [-0.2, 0) is 14.8 Å². The van der Waals surface area contributed by atoms with E-state index in [9.17, 15) is 17.6 Å². The van der Waals surface area contributed by atoms with Crippen LogP contribution in [-0.4, -0.2) is 34.0 Å². The van der Waals surface area contributed by atoms with Crippen LogP contribution in [0.5, 0.6) is 5.75 Å². The van der Waals surface area contributed by atoms with Crippen LogP contribution in [0, 0.1) is 5.82 Å². The summed E-state index contributed by atoms with van der Waals surface area (Å²) < 4.78 is 45.7. The fourth-order valence-corrected chi connectivity index (χ4v) is 3.72. The van der Waals surface area contributed by atoms with Crippen molar-refractivity contribution in [2.45, 2.75) is 11.8 Å². The van der Waals surface area contributed by atoms with E-state index in [1.54, 1.807) is 0 Å². The van der Waals surface area contributed by atoms with Gasteiger partial charge in [0.2, 0.25) is 5.91 Å². The van der Waals surface area contributed by atoms with Crippen molar-refractivity contribution in [1.29, 1.82) is 0 Å². The van der Waals surface area contributed by atoms with E-state index in [0.29, 0.717) is 12.4 Å². The number of anilines is 1. The normalized spacial score (nSPS) is 10.9. The van der Waals surface area contributed by atoms with Crippen molar-refractivity contribution in [3.05, 3.63) is 67.0 Å². The minimum Gasteiger partial charge on any atom is -0.494 e. The number of nitrogens with zero attached hydrogens (tertiary/aromatic N) is 1. The maximum atomic E-state index is 13.2. The molecule has 0 aromatic heterocycles. The molecule has 27 heavy (non-hydrogen) atoms. The first kappa shape index (κ1) is 20.4. The van der Waals surface area contributed by atoms with E-state index >= 15 is 0 Å². The van der Waals surface area contributed by atoms with E-state index in [4.69, 9.17) is 4.74 Å². The Morgan fingerprint density at radius 2 is 1.81 bits per heavy atom. The largest absolute Gasteiger partial charge is 0.494 e. The van der Waals surface area contributed by atoms with E-state index < -0.39 is 28.3 Å². The average Bonchev–Trinajstić information content (AvgIpc) is 2.66. The third-order valence-electron chi connectivity index (χ3n) is 3.57. The molecule has 1 amide bonds. The highest BCUT2D eigenvalue weighted by Gasteiger charge is 2.27. The smallest absolute Gasteiger partial charge is 0.264 e. The first-order valence-electron chi connectivity index (χ1n) is 8.27. The number of ether oxygens (including phenoxy) is 1. The molecule has 6 nitrogen and oxygen atoms in total. The molecule has 0 bridgehead atoms. The zero-order chi connectivity index (χ0) is 19.9. The van der Waals surface area contributed by atoms with Crippen LogP contribution >= 0.6 is 0 Å². The third kappa shape index (κ3) is 5.30. The number of nitrogens with one attached hydrogen (secondary N) is 1. The summed E-state index contributed by atoms with van der Waals surface area (Å²) in [4.78, 5) is 12.1. The first-order valence-corrected chi connectivity index (χ1v) is 9.71. The second kappa shape index (κ2) is 9.18. The van der Waals surface area contributed by atoms with Crippen molar-refractivity contribution in [1.82, 2.24) is 5.32 Å². The van der Waals surface area contributed by atoms with Gasteiger partial charge in [-0.2, -0.15) is 0 Å². The predicted octanol–water partition coefficient (Wildman–Crippen LogP) is 2.72. The molecule has 0 aliphatic heterocycles. The molecule has 0 saturated heterocycles. The molecule has 0 atom stereocenters. The Morgan fingerprint density at radius 1 is 1.19 bits per heavy atom. The van der Waals surface area contributed by atoms with Gasteiger partial charge in [0.25, 0.3) is 10.0 Å². The number of rotatable bonds is 9. The topological polar surface area (TPSA) is 75.7 Å². The van der Waals surface area contributed by atoms with Gasteiger partial charge in [0.15, 0.2) is 0 Å². The van der Waals surface area contributed by atoms with Crippen LogP contribution in [0.2, 0.25) is 0 Å². The van der Waals surface area contributed by atoms with E-state index in [1.165, 1.54) is 42.5 Å². The quantitative estimate of drug-likeness (QED) is 0.666. The van der Waals surface area contributed by atoms with Crippen LogP contribution in [0.4, 0.5) is 10.1 Å². The Labute approximate surface area is 158 Å². The van der Waals surface area contributed by atoms with Crippen LogP contribution in [0.25, 0.3) is 0 Å². The maximum absolute atomic E-state index is 13.2. The summed E-state index contributed by atoms with van der Waals surface area (Å²) in [6.45, 7) is 5.54. The van der Waals surface area contributed by atoms with Crippen LogP contribution in [0.1, 0.15) is 6.92 Å². The van der Waals surface area contributed by atoms with Crippen molar-refractivity contribution in [3.8, 4) is 5.75 Å². The zero-order valence-corrected chi connectivity index (χ0v) is 15.7. The Bertz CT molecular complexity index is 881. The Balaban J connectivity index is 2.39. The summed E-state index contributed by atoms with van der Waals surface area (Å²) in [6.07, 6.45) is 1.49. The van der Waals surface area contributed by atoms with Gasteiger partial charge in [-0.1, -0.05) is 6.08 Å². The molecule has 144 valence electrons. The van der Waals surface area contributed by atoms with Crippen molar-refractivity contribution >= 4 is 21.6 Å². The molecule has 0 saturated carbocycles. The number of hydrogen-bond donors (Lipinski definition) is 1. The molecule has 2 rings (SSSR count). The second-order valence-electron chi connectivity index (χ2n) is 5.49. The van der Waals surface area contributed by atoms with E-state index in [0.717, 1.165) is 16.4 Å². The van der Waals surface area contributed by atoms with Crippen molar-refractivity contribution < 1.29 is 22.3 Å². The van der Waals surface area contributed by atoms with Crippen molar-refractivity contribution in [2.24, 2.45) is 0 Å². The van der Waals surface area contributed by atoms with Gasteiger partial charge in [-0.05, 0) is 55.5 Å². The molecule has 8 heteroatoms. The van der Waals surface area contributed by atoms with Crippen LogP contribution in [0.3, 0.4) is 0 Å². The molecule has 1 N–H and O–H groups in total. The summed E-state index contributed by atoms with van der Waals surface area (Å²) in [6, 6.07) is 10.8. The molecular formula is C19H21FN2O4S. The highest BCUT2D eigenvalue weighted by molar-refractivity contribution is 7.92. The number of sulfonamides is 1. The molecule has 0 aliphatic carbocycles. The highest BCUT2D eigenvalue weighted by Crippen LogP contribution is 2.25. The van der Waals surface area contributed by atoms with Gasteiger partial charge in [-0.3, -0.25) is 9.10 Å². The molecule has 0 heterocycles. The minimum absolute atomic E-state index is 0.00759. The fourth-order valence-electron chi connectivity index (χ4n) is 2.30. The van der Waals surface area contributed by atoms with Gasteiger partial charge in [0.1, 0.15) is 18.1 Å². The Kier molecular flexibility index (Phi) is 6.95. The number of amides is 1. The number of halogens is 1. The van der Waals surface area contributed by atoms with Gasteiger partial charge in [-0.15, -0.1) is 6.58 Å². The zero-order valence-electron chi connectivity index (χ0n) is 14.9. The van der Waals surface area contributed by atoms with Crippen LogP contribution in [0.15, 0.2) is 66.1 Å². The SMILES string of the molecule is C=CCNC(=O)CN(c1ccc(F)cc1)S(=O)(=O)c1ccc(OCC)cc1. The van der Waals surface area contributed by atoms with E-state index in [2.05, 4.69) is 11.9 Å². The third-order valence-corrected chi connectivity index (χ3v) is 5.36. The van der Waals surface area contributed by atoms with Gasteiger partial charge in [0.05, 0.1) is 17.2 Å². The lowest BCUT2D eigenvalue weighted by molar-refractivity contribution is -0.119.